The van der Waals surface area contributed by atoms with Crippen molar-refractivity contribution in [3.05, 3.63) is 59.7 Å². The highest BCUT2D eigenvalue weighted by Crippen LogP contribution is 2.38. The summed E-state index contributed by atoms with van der Waals surface area (Å²) in [5.74, 6) is 0.969. The minimum absolute atomic E-state index is 0.0745. The number of anilines is 1. The summed E-state index contributed by atoms with van der Waals surface area (Å²) in [6, 6.07) is 16.0. The van der Waals surface area contributed by atoms with Crippen molar-refractivity contribution in [1.29, 1.82) is 0 Å². The molecule has 0 saturated heterocycles. The monoisotopic (exact) mass is 281 g/mol. The van der Waals surface area contributed by atoms with E-state index in [0.717, 1.165) is 35.5 Å². The summed E-state index contributed by atoms with van der Waals surface area (Å²) in [6.45, 7) is 2.74. The number of ether oxygens (including phenoxy) is 1. The van der Waals surface area contributed by atoms with Crippen LogP contribution in [-0.2, 0) is 11.2 Å². The number of amides is 1. The normalized spacial score (nSPS) is 17.0. The molecule has 1 atom stereocenters. The number of hydrogen-bond acceptors (Lipinski definition) is 2. The van der Waals surface area contributed by atoms with Crippen molar-refractivity contribution in [3.8, 4) is 5.75 Å². The summed E-state index contributed by atoms with van der Waals surface area (Å²) in [5.41, 5.74) is 3.35. The maximum Gasteiger partial charge on any atom is 0.234 e. The molecular weight excluding hydrogens is 262 g/mol. The smallest absolute Gasteiger partial charge is 0.234 e. The molecule has 1 aliphatic heterocycles. The van der Waals surface area contributed by atoms with E-state index in [9.17, 15) is 4.79 Å². The standard InChI is InChI=1S/C18H19NO2/c1-3-19-17-7-5-4-6-15(17)16(18(19)20)12-13-8-10-14(21-2)11-9-13/h4-11,16H,3,12H2,1-2H3. The van der Waals surface area contributed by atoms with Crippen molar-refractivity contribution in [2.45, 2.75) is 19.3 Å². The highest BCUT2D eigenvalue weighted by Gasteiger charge is 2.35. The fourth-order valence-corrected chi connectivity index (χ4v) is 2.99. The Morgan fingerprint density at radius 2 is 1.81 bits per heavy atom. The van der Waals surface area contributed by atoms with Crippen LogP contribution in [0.5, 0.6) is 5.75 Å². The molecule has 1 amide bonds. The van der Waals surface area contributed by atoms with E-state index in [1.54, 1.807) is 7.11 Å². The molecule has 0 fully saturated rings. The molecule has 0 bridgehead atoms. The van der Waals surface area contributed by atoms with Gasteiger partial charge < -0.3 is 9.64 Å². The number of rotatable bonds is 4. The van der Waals surface area contributed by atoms with Crippen LogP contribution < -0.4 is 9.64 Å². The van der Waals surface area contributed by atoms with Gasteiger partial charge in [-0.2, -0.15) is 0 Å². The van der Waals surface area contributed by atoms with Gasteiger partial charge >= 0.3 is 0 Å². The van der Waals surface area contributed by atoms with Gasteiger partial charge in [0, 0.05) is 12.2 Å². The molecule has 0 N–H and O–H groups in total. The fraction of sp³-hybridized carbons (Fsp3) is 0.278. The molecule has 0 aliphatic carbocycles. The molecule has 0 radical (unpaired) electrons. The lowest BCUT2D eigenvalue weighted by Crippen LogP contribution is -2.29. The van der Waals surface area contributed by atoms with E-state index in [2.05, 4.69) is 6.07 Å². The first kappa shape index (κ1) is 13.7. The summed E-state index contributed by atoms with van der Waals surface area (Å²) in [5, 5.41) is 0. The number of carbonyl (C=O) groups is 1. The molecule has 2 aromatic rings. The van der Waals surface area contributed by atoms with Gasteiger partial charge in [0.2, 0.25) is 5.91 Å². The number of benzene rings is 2. The molecule has 3 rings (SSSR count). The molecule has 1 aliphatic rings. The zero-order valence-corrected chi connectivity index (χ0v) is 12.4. The maximum absolute atomic E-state index is 12.6. The molecule has 21 heavy (non-hydrogen) atoms. The number of fused-ring (bicyclic) bond motifs is 1. The van der Waals surface area contributed by atoms with E-state index >= 15 is 0 Å². The van der Waals surface area contributed by atoms with E-state index in [1.807, 2.05) is 54.3 Å². The van der Waals surface area contributed by atoms with Crippen molar-refractivity contribution < 1.29 is 9.53 Å². The van der Waals surface area contributed by atoms with Crippen molar-refractivity contribution in [2.75, 3.05) is 18.6 Å². The van der Waals surface area contributed by atoms with Gasteiger partial charge in [0.25, 0.3) is 0 Å². The Bertz CT molecular complexity index is 649. The fourth-order valence-electron chi connectivity index (χ4n) is 2.99. The molecular formula is C18H19NO2. The van der Waals surface area contributed by atoms with E-state index in [-0.39, 0.29) is 11.8 Å². The third-order valence-corrected chi connectivity index (χ3v) is 4.08. The van der Waals surface area contributed by atoms with Crippen LogP contribution >= 0.6 is 0 Å². The third kappa shape index (κ3) is 2.40. The topological polar surface area (TPSA) is 29.5 Å². The van der Waals surface area contributed by atoms with Crippen LogP contribution in [0.1, 0.15) is 24.0 Å². The summed E-state index contributed by atoms with van der Waals surface area (Å²) in [7, 11) is 1.66. The minimum atomic E-state index is -0.0745. The molecule has 3 heteroatoms. The predicted molar refractivity (Wildman–Crippen MR) is 83.9 cm³/mol. The Balaban J connectivity index is 1.89. The van der Waals surface area contributed by atoms with Crippen LogP contribution in [0.4, 0.5) is 5.69 Å². The molecule has 2 aromatic carbocycles. The van der Waals surface area contributed by atoms with Crippen LogP contribution in [0, 0.1) is 0 Å². The molecule has 1 unspecified atom stereocenters. The highest BCUT2D eigenvalue weighted by atomic mass is 16.5. The van der Waals surface area contributed by atoms with Crippen LogP contribution in [0.25, 0.3) is 0 Å². The van der Waals surface area contributed by atoms with Crippen molar-refractivity contribution in [3.63, 3.8) is 0 Å². The summed E-state index contributed by atoms with van der Waals surface area (Å²) in [4.78, 5) is 14.5. The average molecular weight is 281 g/mol. The van der Waals surface area contributed by atoms with Gasteiger partial charge in [-0.15, -0.1) is 0 Å². The number of methoxy groups -OCH3 is 1. The number of para-hydroxylation sites is 1. The lowest BCUT2D eigenvalue weighted by Gasteiger charge is -2.15. The van der Waals surface area contributed by atoms with Crippen LogP contribution in [0.3, 0.4) is 0 Å². The second-order valence-electron chi connectivity index (χ2n) is 5.25. The van der Waals surface area contributed by atoms with Gasteiger partial charge in [0.05, 0.1) is 13.0 Å². The summed E-state index contributed by atoms with van der Waals surface area (Å²) >= 11 is 0. The summed E-state index contributed by atoms with van der Waals surface area (Å²) < 4.78 is 5.18. The molecule has 0 aromatic heterocycles. The second kappa shape index (κ2) is 5.60. The quantitative estimate of drug-likeness (QED) is 0.859. The first-order chi connectivity index (χ1) is 10.2. The number of hydrogen-bond donors (Lipinski definition) is 0. The van der Waals surface area contributed by atoms with E-state index in [4.69, 9.17) is 4.74 Å². The van der Waals surface area contributed by atoms with Crippen molar-refractivity contribution in [2.24, 2.45) is 0 Å². The van der Waals surface area contributed by atoms with Gasteiger partial charge in [-0.1, -0.05) is 30.3 Å². The largest absolute Gasteiger partial charge is 0.497 e. The Morgan fingerprint density at radius 3 is 2.48 bits per heavy atom. The van der Waals surface area contributed by atoms with Crippen LogP contribution in [-0.4, -0.2) is 19.6 Å². The first-order valence-corrected chi connectivity index (χ1v) is 7.27. The Morgan fingerprint density at radius 1 is 1.10 bits per heavy atom. The Hall–Kier alpha value is -2.29. The minimum Gasteiger partial charge on any atom is -0.497 e. The molecule has 3 nitrogen and oxygen atoms in total. The van der Waals surface area contributed by atoms with E-state index in [0.29, 0.717) is 0 Å². The lowest BCUT2D eigenvalue weighted by molar-refractivity contribution is -0.119. The Kier molecular flexibility index (Phi) is 3.65. The van der Waals surface area contributed by atoms with Gasteiger partial charge in [0.15, 0.2) is 0 Å². The van der Waals surface area contributed by atoms with E-state index < -0.39 is 0 Å². The van der Waals surface area contributed by atoms with Gasteiger partial charge in [-0.3, -0.25) is 4.79 Å². The highest BCUT2D eigenvalue weighted by molar-refractivity contribution is 6.05. The predicted octanol–water partition coefficient (Wildman–Crippen LogP) is 3.39. The Labute approximate surface area is 125 Å². The number of nitrogens with zero attached hydrogens (tertiary/aromatic N) is 1. The molecule has 0 saturated carbocycles. The molecule has 108 valence electrons. The van der Waals surface area contributed by atoms with Crippen LogP contribution in [0.2, 0.25) is 0 Å². The van der Waals surface area contributed by atoms with Gasteiger partial charge in [-0.05, 0) is 42.7 Å². The van der Waals surface area contributed by atoms with Crippen molar-refractivity contribution in [1.82, 2.24) is 0 Å². The maximum atomic E-state index is 12.6. The number of likely N-dealkylation sites (N-methyl/N-ethyl adjacent to an activating group) is 1. The van der Waals surface area contributed by atoms with Crippen molar-refractivity contribution >= 4 is 11.6 Å². The second-order valence-corrected chi connectivity index (χ2v) is 5.25. The zero-order chi connectivity index (χ0) is 14.8. The third-order valence-electron chi connectivity index (χ3n) is 4.08. The van der Waals surface area contributed by atoms with Crippen LogP contribution in [0.15, 0.2) is 48.5 Å². The number of carbonyl (C=O) groups excluding carboxylic acids is 1. The summed E-state index contributed by atoms with van der Waals surface area (Å²) in [6.07, 6.45) is 0.732. The van der Waals surface area contributed by atoms with Gasteiger partial charge in [0.1, 0.15) is 5.75 Å². The first-order valence-electron chi connectivity index (χ1n) is 7.27. The zero-order valence-electron chi connectivity index (χ0n) is 12.4. The molecule has 1 heterocycles. The SMILES string of the molecule is CCN1C(=O)C(Cc2ccc(OC)cc2)c2ccccc21. The van der Waals surface area contributed by atoms with E-state index in [1.165, 1.54) is 0 Å². The van der Waals surface area contributed by atoms with Gasteiger partial charge in [-0.25, -0.2) is 0 Å². The average Bonchev–Trinajstić information content (AvgIpc) is 2.80. The molecule has 0 spiro atoms. The lowest BCUT2D eigenvalue weighted by atomic mass is 9.93.